The summed E-state index contributed by atoms with van der Waals surface area (Å²) in [5, 5.41) is 4.27. The van der Waals surface area contributed by atoms with Crippen LogP contribution in [0.15, 0.2) is 17.1 Å². The van der Waals surface area contributed by atoms with E-state index < -0.39 is 0 Å². The summed E-state index contributed by atoms with van der Waals surface area (Å²) in [4.78, 5) is 11.9. The molecule has 1 aromatic rings. The van der Waals surface area contributed by atoms with Crippen molar-refractivity contribution in [2.75, 3.05) is 6.61 Å². The fourth-order valence-corrected chi connectivity index (χ4v) is 3.19. The summed E-state index contributed by atoms with van der Waals surface area (Å²) < 4.78 is 8.41. The monoisotopic (exact) mass is 346 g/mol. The zero-order valence-electron chi connectivity index (χ0n) is 9.56. The predicted molar refractivity (Wildman–Crippen MR) is 72.0 cm³/mol. The van der Waals surface area contributed by atoms with E-state index in [2.05, 4.69) is 27.7 Å². The van der Waals surface area contributed by atoms with Crippen LogP contribution in [0.2, 0.25) is 0 Å². The molecule has 3 rings (SSSR count). The van der Waals surface area contributed by atoms with Crippen LogP contribution >= 0.6 is 22.6 Å². The third kappa shape index (κ3) is 2.14. The molecule has 17 heavy (non-hydrogen) atoms. The van der Waals surface area contributed by atoms with E-state index in [1.807, 2.05) is 0 Å². The van der Waals surface area contributed by atoms with Gasteiger partial charge in [0.05, 0.1) is 17.8 Å². The molecule has 0 N–H and O–H groups in total. The van der Waals surface area contributed by atoms with E-state index in [4.69, 9.17) is 4.74 Å². The second kappa shape index (κ2) is 4.35. The van der Waals surface area contributed by atoms with Crippen LogP contribution in [0.5, 0.6) is 0 Å². The normalized spacial score (nSPS) is 26.8. The minimum absolute atomic E-state index is 0.0123. The lowest BCUT2D eigenvalue weighted by Crippen LogP contribution is -2.47. The van der Waals surface area contributed by atoms with E-state index in [0.717, 1.165) is 35.9 Å². The molecule has 0 amide bonds. The Labute approximate surface area is 113 Å². The van der Waals surface area contributed by atoms with Crippen molar-refractivity contribution in [2.45, 2.75) is 43.7 Å². The molecule has 4 nitrogen and oxygen atoms in total. The smallest absolute Gasteiger partial charge is 0.268 e. The van der Waals surface area contributed by atoms with Gasteiger partial charge in [0.25, 0.3) is 5.56 Å². The first-order valence-corrected chi connectivity index (χ1v) is 7.15. The molecule has 1 aliphatic heterocycles. The molecule has 1 aromatic heterocycles. The van der Waals surface area contributed by atoms with Crippen molar-refractivity contribution in [3.8, 4) is 0 Å². The Morgan fingerprint density at radius 3 is 3.00 bits per heavy atom. The molecule has 2 aliphatic rings. The molecule has 0 aromatic carbocycles. The van der Waals surface area contributed by atoms with Crippen LogP contribution in [0.3, 0.4) is 0 Å². The lowest BCUT2D eigenvalue weighted by atomic mass is 9.74. The minimum atomic E-state index is 0.0123. The topological polar surface area (TPSA) is 44.1 Å². The molecule has 92 valence electrons. The number of nitrogens with zero attached hydrogens (tertiary/aromatic N) is 2. The Morgan fingerprint density at radius 1 is 1.53 bits per heavy atom. The molecule has 2 heterocycles. The van der Waals surface area contributed by atoms with Crippen LogP contribution < -0.4 is 5.56 Å². The standard InChI is InChI=1S/C12H15IN2O2/c13-9-6-11(16)15(14-8-9)10-2-5-17-12(7-10)3-1-4-12/h6,8,10H,1-5,7H2. The van der Waals surface area contributed by atoms with Crippen molar-refractivity contribution in [2.24, 2.45) is 0 Å². The van der Waals surface area contributed by atoms with Gasteiger partial charge in [-0.1, -0.05) is 0 Å². The second-order valence-corrected chi connectivity index (χ2v) is 6.23. The van der Waals surface area contributed by atoms with Gasteiger partial charge in [-0.05, 0) is 54.7 Å². The zero-order valence-corrected chi connectivity index (χ0v) is 11.7. The van der Waals surface area contributed by atoms with Crippen LogP contribution in [-0.2, 0) is 4.74 Å². The van der Waals surface area contributed by atoms with Gasteiger partial charge < -0.3 is 4.74 Å². The summed E-state index contributed by atoms with van der Waals surface area (Å²) >= 11 is 2.12. The fraction of sp³-hybridized carbons (Fsp3) is 0.667. The Hall–Kier alpha value is -0.430. The molecule has 1 saturated carbocycles. The average Bonchev–Trinajstić information content (AvgIpc) is 2.27. The number of hydrogen-bond donors (Lipinski definition) is 0. The molecule has 1 aliphatic carbocycles. The molecule has 5 heteroatoms. The molecule has 1 unspecified atom stereocenters. The van der Waals surface area contributed by atoms with Crippen molar-refractivity contribution in [1.29, 1.82) is 0 Å². The van der Waals surface area contributed by atoms with Gasteiger partial charge >= 0.3 is 0 Å². The average molecular weight is 346 g/mol. The van der Waals surface area contributed by atoms with Gasteiger partial charge in [0.2, 0.25) is 0 Å². The van der Waals surface area contributed by atoms with Crippen LogP contribution in [0.4, 0.5) is 0 Å². The van der Waals surface area contributed by atoms with Gasteiger partial charge in [-0.25, -0.2) is 4.68 Å². The maximum absolute atomic E-state index is 11.9. The van der Waals surface area contributed by atoms with Crippen LogP contribution in [0.1, 0.15) is 38.1 Å². The lowest BCUT2D eigenvalue weighted by molar-refractivity contribution is -0.142. The number of halogens is 1. The summed E-state index contributed by atoms with van der Waals surface area (Å²) in [6.45, 7) is 0.755. The lowest BCUT2D eigenvalue weighted by Gasteiger charge is -2.47. The van der Waals surface area contributed by atoms with Crippen LogP contribution in [-0.4, -0.2) is 22.0 Å². The molecule has 2 fully saturated rings. The highest BCUT2D eigenvalue weighted by atomic mass is 127. The number of aromatic nitrogens is 2. The third-order valence-electron chi connectivity index (χ3n) is 3.87. The van der Waals surface area contributed by atoms with Crippen molar-refractivity contribution < 1.29 is 4.74 Å². The van der Waals surface area contributed by atoms with Gasteiger partial charge in [-0.3, -0.25) is 4.79 Å². The van der Waals surface area contributed by atoms with Crippen LogP contribution in [0.25, 0.3) is 0 Å². The van der Waals surface area contributed by atoms with Crippen molar-refractivity contribution in [3.63, 3.8) is 0 Å². The van der Waals surface area contributed by atoms with E-state index in [1.54, 1.807) is 16.9 Å². The Bertz CT molecular complexity index is 482. The number of rotatable bonds is 1. The molecular formula is C12H15IN2O2. The highest BCUT2D eigenvalue weighted by molar-refractivity contribution is 14.1. The van der Waals surface area contributed by atoms with Crippen molar-refractivity contribution in [1.82, 2.24) is 9.78 Å². The summed E-state index contributed by atoms with van der Waals surface area (Å²) in [6.07, 6.45) is 7.13. The molecule has 1 spiro atoms. The second-order valence-electron chi connectivity index (χ2n) is 4.99. The van der Waals surface area contributed by atoms with Crippen LogP contribution in [0, 0.1) is 3.57 Å². The van der Waals surface area contributed by atoms with Crippen molar-refractivity contribution >= 4 is 22.6 Å². The van der Waals surface area contributed by atoms with Gasteiger partial charge in [0, 0.05) is 16.2 Å². The Kier molecular flexibility index (Phi) is 2.98. The van der Waals surface area contributed by atoms with E-state index >= 15 is 0 Å². The van der Waals surface area contributed by atoms with E-state index in [-0.39, 0.29) is 17.2 Å². The Morgan fingerprint density at radius 2 is 2.35 bits per heavy atom. The van der Waals surface area contributed by atoms with Gasteiger partial charge in [-0.15, -0.1) is 0 Å². The summed E-state index contributed by atoms with van der Waals surface area (Å²) in [7, 11) is 0. The first-order valence-electron chi connectivity index (χ1n) is 6.07. The third-order valence-corrected chi connectivity index (χ3v) is 4.46. The quantitative estimate of drug-likeness (QED) is 0.732. The van der Waals surface area contributed by atoms with Gasteiger partial charge in [0.1, 0.15) is 0 Å². The first kappa shape index (κ1) is 11.6. The molecule has 0 radical (unpaired) electrons. The highest BCUT2D eigenvalue weighted by Crippen LogP contribution is 2.45. The maximum Gasteiger partial charge on any atom is 0.268 e. The SMILES string of the molecule is O=c1cc(I)cnn1C1CCOC2(CCC2)C1. The summed E-state index contributed by atoms with van der Waals surface area (Å²) in [5.41, 5.74) is 0.0748. The summed E-state index contributed by atoms with van der Waals surface area (Å²) in [6, 6.07) is 1.87. The highest BCUT2D eigenvalue weighted by Gasteiger charge is 2.43. The molecule has 1 atom stereocenters. The Balaban J connectivity index is 1.86. The molecule has 0 bridgehead atoms. The summed E-state index contributed by atoms with van der Waals surface area (Å²) in [5.74, 6) is 0. The van der Waals surface area contributed by atoms with E-state index in [9.17, 15) is 4.79 Å². The minimum Gasteiger partial charge on any atom is -0.375 e. The largest absolute Gasteiger partial charge is 0.375 e. The van der Waals surface area contributed by atoms with Gasteiger partial charge in [0.15, 0.2) is 0 Å². The number of ether oxygens (including phenoxy) is 1. The fourth-order valence-electron chi connectivity index (χ4n) is 2.80. The molecular weight excluding hydrogens is 331 g/mol. The van der Waals surface area contributed by atoms with E-state index in [1.165, 1.54) is 6.42 Å². The zero-order chi connectivity index (χ0) is 11.9. The predicted octanol–water partition coefficient (Wildman–Crippen LogP) is 2.12. The van der Waals surface area contributed by atoms with Crippen molar-refractivity contribution in [3.05, 3.63) is 26.2 Å². The van der Waals surface area contributed by atoms with Gasteiger partial charge in [-0.2, -0.15) is 5.10 Å². The van der Waals surface area contributed by atoms with E-state index in [0.29, 0.717) is 0 Å². The number of hydrogen-bond acceptors (Lipinski definition) is 3. The maximum atomic E-state index is 11.9. The molecule has 1 saturated heterocycles. The first-order chi connectivity index (χ1) is 8.19.